The number of sulfonamides is 1. The number of hydrogen-bond acceptors (Lipinski definition) is 3. The molecule has 4 nitrogen and oxygen atoms in total. The first-order valence-corrected chi connectivity index (χ1v) is 8.23. The predicted octanol–water partition coefficient (Wildman–Crippen LogP) is 1.98. The van der Waals surface area contributed by atoms with Gasteiger partial charge in [0, 0.05) is 18.8 Å². The molecule has 0 saturated heterocycles. The molecule has 1 aromatic carbocycles. The standard InChI is InChI=1S/C14H20N2O2S/c1-14(2)8-11(14)9-16-19(17,18)12-3-4-13-10(7-12)5-6-15-13/h3-4,7,11,15-16H,5-6,8-9H2,1-2H3. The van der Waals surface area contributed by atoms with Gasteiger partial charge in [0.1, 0.15) is 0 Å². The van der Waals surface area contributed by atoms with E-state index in [-0.39, 0.29) is 0 Å². The summed E-state index contributed by atoms with van der Waals surface area (Å²) in [6, 6.07) is 5.32. The normalized spacial score (nSPS) is 23.8. The fraction of sp³-hybridized carbons (Fsp3) is 0.571. The lowest BCUT2D eigenvalue weighted by Gasteiger charge is -2.09. The van der Waals surface area contributed by atoms with Gasteiger partial charge in [-0.15, -0.1) is 0 Å². The van der Waals surface area contributed by atoms with Gasteiger partial charge in [0.15, 0.2) is 0 Å². The van der Waals surface area contributed by atoms with Crippen molar-refractivity contribution in [1.29, 1.82) is 0 Å². The van der Waals surface area contributed by atoms with Crippen molar-refractivity contribution in [3.8, 4) is 0 Å². The molecule has 1 aliphatic carbocycles. The van der Waals surface area contributed by atoms with Crippen molar-refractivity contribution in [3.05, 3.63) is 23.8 Å². The fourth-order valence-electron chi connectivity index (χ4n) is 2.67. The third-order valence-electron chi connectivity index (χ3n) is 4.33. The first-order valence-electron chi connectivity index (χ1n) is 6.75. The highest BCUT2D eigenvalue weighted by molar-refractivity contribution is 7.89. The van der Waals surface area contributed by atoms with Crippen LogP contribution in [0.4, 0.5) is 5.69 Å². The Labute approximate surface area is 114 Å². The van der Waals surface area contributed by atoms with Crippen molar-refractivity contribution in [2.45, 2.75) is 31.6 Å². The van der Waals surface area contributed by atoms with E-state index < -0.39 is 10.0 Å². The summed E-state index contributed by atoms with van der Waals surface area (Å²) < 4.78 is 27.2. The zero-order valence-corrected chi connectivity index (χ0v) is 12.2. The number of nitrogens with one attached hydrogen (secondary N) is 2. The van der Waals surface area contributed by atoms with Crippen molar-refractivity contribution in [2.75, 3.05) is 18.4 Å². The van der Waals surface area contributed by atoms with E-state index in [4.69, 9.17) is 0 Å². The molecule has 1 aliphatic heterocycles. The van der Waals surface area contributed by atoms with E-state index in [9.17, 15) is 8.42 Å². The van der Waals surface area contributed by atoms with Crippen molar-refractivity contribution < 1.29 is 8.42 Å². The third-order valence-corrected chi connectivity index (χ3v) is 5.76. The molecule has 1 unspecified atom stereocenters. The molecule has 1 heterocycles. The quantitative estimate of drug-likeness (QED) is 0.886. The van der Waals surface area contributed by atoms with Crippen LogP contribution in [0.2, 0.25) is 0 Å². The smallest absolute Gasteiger partial charge is 0.240 e. The molecule has 5 heteroatoms. The van der Waals surface area contributed by atoms with Crippen LogP contribution >= 0.6 is 0 Å². The summed E-state index contributed by atoms with van der Waals surface area (Å²) in [7, 11) is -3.36. The Hall–Kier alpha value is -1.07. The maximum absolute atomic E-state index is 12.2. The number of rotatable bonds is 4. The van der Waals surface area contributed by atoms with Crippen LogP contribution in [0.1, 0.15) is 25.8 Å². The van der Waals surface area contributed by atoms with Crippen LogP contribution in [-0.2, 0) is 16.4 Å². The highest BCUT2D eigenvalue weighted by Crippen LogP contribution is 2.51. The summed E-state index contributed by atoms with van der Waals surface area (Å²) in [5.41, 5.74) is 2.45. The van der Waals surface area contributed by atoms with E-state index in [0.717, 1.165) is 30.6 Å². The van der Waals surface area contributed by atoms with Gasteiger partial charge < -0.3 is 5.32 Å². The molecular weight excluding hydrogens is 260 g/mol. The molecule has 1 saturated carbocycles. The van der Waals surface area contributed by atoms with Crippen LogP contribution in [0.5, 0.6) is 0 Å². The monoisotopic (exact) mass is 280 g/mol. The maximum Gasteiger partial charge on any atom is 0.240 e. The maximum atomic E-state index is 12.2. The molecular formula is C14H20N2O2S. The van der Waals surface area contributed by atoms with Crippen LogP contribution in [-0.4, -0.2) is 21.5 Å². The summed E-state index contributed by atoms with van der Waals surface area (Å²) in [6.07, 6.45) is 2.00. The molecule has 104 valence electrons. The van der Waals surface area contributed by atoms with Crippen LogP contribution in [0.3, 0.4) is 0 Å². The van der Waals surface area contributed by atoms with Gasteiger partial charge in [-0.25, -0.2) is 13.1 Å². The predicted molar refractivity (Wildman–Crippen MR) is 75.7 cm³/mol. The van der Waals surface area contributed by atoms with E-state index >= 15 is 0 Å². The minimum absolute atomic E-state index is 0.296. The number of hydrogen-bond donors (Lipinski definition) is 2. The first-order chi connectivity index (χ1) is 8.88. The summed E-state index contributed by atoms with van der Waals surface area (Å²) in [5.74, 6) is 0.471. The molecule has 1 fully saturated rings. The molecule has 19 heavy (non-hydrogen) atoms. The summed E-state index contributed by atoms with van der Waals surface area (Å²) >= 11 is 0. The van der Waals surface area contributed by atoms with Crippen molar-refractivity contribution >= 4 is 15.7 Å². The van der Waals surface area contributed by atoms with E-state index in [0.29, 0.717) is 22.8 Å². The second-order valence-corrected chi connectivity index (χ2v) is 8.00. The fourth-order valence-corrected chi connectivity index (χ4v) is 3.80. The molecule has 0 bridgehead atoms. The minimum atomic E-state index is -3.36. The van der Waals surface area contributed by atoms with Crippen molar-refractivity contribution in [2.24, 2.45) is 11.3 Å². The first kappa shape index (κ1) is 12.9. The van der Waals surface area contributed by atoms with Gasteiger partial charge in [-0.05, 0) is 47.9 Å². The average molecular weight is 280 g/mol. The molecule has 2 N–H and O–H groups in total. The Kier molecular flexibility index (Phi) is 2.87. The molecule has 0 amide bonds. The lowest BCUT2D eigenvalue weighted by molar-refractivity contribution is 0.537. The minimum Gasteiger partial charge on any atom is -0.384 e. The van der Waals surface area contributed by atoms with Gasteiger partial charge in [0.2, 0.25) is 10.0 Å². The lowest BCUT2D eigenvalue weighted by atomic mass is 10.1. The molecule has 1 aromatic rings. The molecule has 0 radical (unpaired) electrons. The zero-order valence-electron chi connectivity index (χ0n) is 11.4. The summed E-state index contributed by atoms with van der Waals surface area (Å²) in [6.45, 7) is 5.78. The van der Waals surface area contributed by atoms with E-state index in [2.05, 4.69) is 23.9 Å². The number of fused-ring (bicyclic) bond motifs is 1. The Morgan fingerprint density at radius 1 is 1.42 bits per heavy atom. The van der Waals surface area contributed by atoms with Crippen LogP contribution in [0.15, 0.2) is 23.1 Å². The van der Waals surface area contributed by atoms with Crippen molar-refractivity contribution in [3.63, 3.8) is 0 Å². The van der Waals surface area contributed by atoms with E-state index in [1.54, 1.807) is 12.1 Å². The zero-order chi connectivity index (χ0) is 13.7. The Morgan fingerprint density at radius 2 is 2.16 bits per heavy atom. The number of benzene rings is 1. The molecule has 0 spiro atoms. The number of anilines is 1. The van der Waals surface area contributed by atoms with Crippen LogP contribution in [0, 0.1) is 11.3 Å². The van der Waals surface area contributed by atoms with Gasteiger partial charge in [0.05, 0.1) is 4.90 Å². The lowest BCUT2D eigenvalue weighted by Crippen LogP contribution is -2.26. The molecule has 1 atom stereocenters. The van der Waals surface area contributed by atoms with Gasteiger partial charge >= 0.3 is 0 Å². The van der Waals surface area contributed by atoms with Crippen LogP contribution < -0.4 is 10.0 Å². The highest BCUT2D eigenvalue weighted by Gasteiger charge is 2.45. The largest absolute Gasteiger partial charge is 0.384 e. The molecule has 3 rings (SSSR count). The average Bonchev–Trinajstić information content (AvgIpc) is 2.76. The third kappa shape index (κ3) is 2.49. The van der Waals surface area contributed by atoms with Gasteiger partial charge in [0.25, 0.3) is 0 Å². The molecule has 0 aromatic heterocycles. The topological polar surface area (TPSA) is 58.2 Å². The second kappa shape index (κ2) is 4.21. The summed E-state index contributed by atoms with van der Waals surface area (Å²) in [4.78, 5) is 0.383. The van der Waals surface area contributed by atoms with Gasteiger partial charge in [-0.2, -0.15) is 0 Å². The van der Waals surface area contributed by atoms with Crippen LogP contribution in [0.25, 0.3) is 0 Å². The van der Waals surface area contributed by atoms with Gasteiger partial charge in [-0.3, -0.25) is 0 Å². The second-order valence-electron chi connectivity index (χ2n) is 6.24. The van der Waals surface area contributed by atoms with E-state index in [1.807, 2.05) is 6.07 Å². The van der Waals surface area contributed by atoms with Gasteiger partial charge in [-0.1, -0.05) is 13.8 Å². The molecule has 2 aliphatic rings. The SMILES string of the molecule is CC1(C)CC1CNS(=O)(=O)c1ccc2c(c1)CCN2. The van der Waals surface area contributed by atoms with E-state index in [1.165, 1.54) is 0 Å². The highest BCUT2D eigenvalue weighted by atomic mass is 32.2. The van der Waals surface area contributed by atoms with Crippen molar-refractivity contribution in [1.82, 2.24) is 4.72 Å². The summed E-state index contributed by atoms with van der Waals surface area (Å²) in [5, 5.41) is 3.23. The Morgan fingerprint density at radius 3 is 2.84 bits per heavy atom. The Bertz CT molecular complexity index is 608. The Balaban J connectivity index is 1.73.